The molecule has 0 spiro atoms. The molecule has 2 atom stereocenters. The van der Waals surface area contributed by atoms with Crippen LogP contribution in [0.25, 0.3) is 0 Å². The smallest absolute Gasteiger partial charge is 0.305 e. The SMILES string of the molecule is CC(F)[C@H](C)OCCC(=O)O. The van der Waals surface area contributed by atoms with Gasteiger partial charge in [0.15, 0.2) is 0 Å². The van der Waals surface area contributed by atoms with E-state index in [1.54, 1.807) is 6.92 Å². The summed E-state index contributed by atoms with van der Waals surface area (Å²) in [7, 11) is 0. The lowest BCUT2D eigenvalue weighted by atomic mass is 10.3. The van der Waals surface area contributed by atoms with Crippen molar-refractivity contribution >= 4 is 5.97 Å². The number of halogens is 1. The molecular formula is C7H13FO3. The first kappa shape index (κ1) is 10.4. The summed E-state index contributed by atoms with van der Waals surface area (Å²) < 4.78 is 17.2. The summed E-state index contributed by atoms with van der Waals surface area (Å²) in [5, 5.41) is 8.19. The molecule has 1 N–H and O–H groups in total. The predicted molar refractivity (Wildman–Crippen MR) is 38.2 cm³/mol. The van der Waals surface area contributed by atoms with Crippen molar-refractivity contribution in [2.45, 2.75) is 32.5 Å². The van der Waals surface area contributed by atoms with Crippen LogP contribution in [0.3, 0.4) is 0 Å². The van der Waals surface area contributed by atoms with Gasteiger partial charge in [-0.15, -0.1) is 0 Å². The molecule has 0 heterocycles. The molecule has 4 heteroatoms. The van der Waals surface area contributed by atoms with Crippen LogP contribution in [0.2, 0.25) is 0 Å². The zero-order valence-electron chi connectivity index (χ0n) is 6.71. The molecule has 0 aromatic rings. The van der Waals surface area contributed by atoms with Crippen LogP contribution in [0, 0.1) is 0 Å². The highest BCUT2D eigenvalue weighted by Crippen LogP contribution is 2.02. The van der Waals surface area contributed by atoms with Gasteiger partial charge in [0, 0.05) is 0 Å². The van der Waals surface area contributed by atoms with Gasteiger partial charge in [-0.25, -0.2) is 4.39 Å². The lowest BCUT2D eigenvalue weighted by molar-refractivity contribution is -0.138. The van der Waals surface area contributed by atoms with Crippen LogP contribution >= 0.6 is 0 Å². The Morgan fingerprint density at radius 2 is 2.18 bits per heavy atom. The standard InChI is InChI=1S/C7H13FO3/c1-5(8)6(2)11-4-3-7(9)10/h5-6H,3-4H2,1-2H3,(H,9,10)/t5?,6-/m0/s1. The molecule has 0 aromatic carbocycles. The van der Waals surface area contributed by atoms with Crippen molar-refractivity contribution in [2.24, 2.45) is 0 Å². The van der Waals surface area contributed by atoms with Gasteiger partial charge in [0.25, 0.3) is 0 Å². The molecule has 0 aliphatic carbocycles. The number of hydrogen-bond donors (Lipinski definition) is 1. The van der Waals surface area contributed by atoms with Gasteiger partial charge in [-0.2, -0.15) is 0 Å². The van der Waals surface area contributed by atoms with Crippen LogP contribution in [0.15, 0.2) is 0 Å². The summed E-state index contributed by atoms with van der Waals surface area (Å²) in [6, 6.07) is 0. The highest BCUT2D eigenvalue weighted by atomic mass is 19.1. The number of ether oxygens (including phenoxy) is 1. The summed E-state index contributed by atoms with van der Waals surface area (Å²) in [5.41, 5.74) is 0. The second kappa shape index (κ2) is 5.07. The third kappa shape index (κ3) is 5.79. The Kier molecular flexibility index (Phi) is 4.77. The van der Waals surface area contributed by atoms with Crippen LogP contribution in [-0.4, -0.2) is 30.0 Å². The molecule has 0 aliphatic heterocycles. The minimum Gasteiger partial charge on any atom is -0.481 e. The Morgan fingerprint density at radius 1 is 1.64 bits per heavy atom. The Bertz CT molecular complexity index is 125. The van der Waals surface area contributed by atoms with E-state index in [4.69, 9.17) is 9.84 Å². The number of hydrogen-bond acceptors (Lipinski definition) is 2. The molecular weight excluding hydrogens is 151 g/mol. The van der Waals surface area contributed by atoms with Crippen LogP contribution in [0.5, 0.6) is 0 Å². The average molecular weight is 164 g/mol. The number of aliphatic carboxylic acids is 1. The molecule has 0 amide bonds. The van der Waals surface area contributed by atoms with Crippen molar-refractivity contribution in [2.75, 3.05) is 6.61 Å². The maximum absolute atomic E-state index is 12.3. The van der Waals surface area contributed by atoms with Gasteiger partial charge in [-0.1, -0.05) is 0 Å². The Labute approximate surface area is 65.2 Å². The molecule has 66 valence electrons. The first-order valence-electron chi connectivity index (χ1n) is 3.51. The van der Waals surface area contributed by atoms with Crippen molar-refractivity contribution in [3.63, 3.8) is 0 Å². The van der Waals surface area contributed by atoms with Gasteiger partial charge in [0.05, 0.1) is 19.1 Å². The minimum atomic E-state index is -1.05. The zero-order valence-corrected chi connectivity index (χ0v) is 6.71. The zero-order chi connectivity index (χ0) is 8.85. The van der Waals surface area contributed by atoms with Gasteiger partial charge in [-0.05, 0) is 13.8 Å². The molecule has 3 nitrogen and oxygen atoms in total. The maximum Gasteiger partial charge on any atom is 0.305 e. The molecule has 0 rings (SSSR count). The van der Waals surface area contributed by atoms with Crippen molar-refractivity contribution in [1.82, 2.24) is 0 Å². The summed E-state index contributed by atoms with van der Waals surface area (Å²) in [5.74, 6) is -0.927. The van der Waals surface area contributed by atoms with E-state index in [0.29, 0.717) is 0 Å². The monoisotopic (exact) mass is 164 g/mol. The minimum absolute atomic E-state index is 0.0724. The van der Waals surface area contributed by atoms with Crippen LogP contribution in [0.1, 0.15) is 20.3 Å². The van der Waals surface area contributed by atoms with Crippen molar-refractivity contribution in [3.8, 4) is 0 Å². The quantitative estimate of drug-likeness (QED) is 0.664. The fraction of sp³-hybridized carbons (Fsp3) is 0.857. The topological polar surface area (TPSA) is 46.5 Å². The number of rotatable bonds is 5. The summed E-state index contributed by atoms with van der Waals surface area (Å²) in [6.07, 6.45) is -1.64. The van der Waals surface area contributed by atoms with Crippen LogP contribution in [-0.2, 0) is 9.53 Å². The summed E-state index contributed by atoms with van der Waals surface area (Å²) >= 11 is 0. The highest BCUT2D eigenvalue weighted by molar-refractivity contribution is 5.66. The number of carboxylic acids is 1. The normalized spacial score (nSPS) is 15.9. The number of alkyl halides is 1. The molecule has 0 radical (unpaired) electrons. The van der Waals surface area contributed by atoms with Gasteiger partial charge >= 0.3 is 5.97 Å². The molecule has 0 bridgehead atoms. The van der Waals surface area contributed by atoms with Gasteiger partial charge in [0.1, 0.15) is 6.17 Å². The lowest BCUT2D eigenvalue weighted by Crippen LogP contribution is -2.20. The molecule has 0 fully saturated rings. The van der Waals surface area contributed by atoms with Crippen molar-refractivity contribution in [1.29, 1.82) is 0 Å². The second-order valence-corrected chi connectivity index (χ2v) is 2.40. The molecule has 0 aliphatic rings. The van der Waals surface area contributed by atoms with E-state index >= 15 is 0 Å². The fourth-order valence-corrected chi connectivity index (χ4v) is 0.465. The van der Waals surface area contributed by atoms with Crippen molar-refractivity contribution < 1.29 is 19.0 Å². The molecule has 1 unspecified atom stereocenters. The molecule has 0 saturated carbocycles. The van der Waals surface area contributed by atoms with Crippen LogP contribution < -0.4 is 0 Å². The second-order valence-electron chi connectivity index (χ2n) is 2.40. The van der Waals surface area contributed by atoms with E-state index in [9.17, 15) is 9.18 Å². The third-order valence-corrected chi connectivity index (χ3v) is 1.34. The summed E-state index contributed by atoms with van der Waals surface area (Å²) in [4.78, 5) is 9.98. The molecule has 11 heavy (non-hydrogen) atoms. The fourth-order valence-electron chi connectivity index (χ4n) is 0.465. The van der Waals surface area contributed by atoms with E-state index in [2.05, 4.69) is 0 Å². The van der Waals surface area contributed by atoms with E-state index in [1.165, 1.54) is 6.92 Å². The molecule has 0 aromatic heterocycles. The van der Waals surface area contributed by atoms with E-state index in [0.717, 1.165) is 0 Å². The maximum atomic E-state index is 12.3. The van der Waals surface area contributed by atoms with E-state index in [1.807, 2.05) is 0 Å². The van der Waals surface area contributed by atoms with E-state index < -0.39 is 18.2 Å². The first-order chi connectivity index (χ1) is 5.04. The molecule has 0 saturated heterocycles. The Morgan fingerprint density at radius 3 is 2.55 bits per heavy atom. The lowest BCUT2D eigenvalue weighted by Gasteiger charge is -2.12. The Hall–Kier alpha value is -0.640. The average Bonchev–Trinajstić information content (AvgIpc) is 1.86. The van der Waals surface area contributed by atoms with Gasteiger partial charge in [0.2, 0.25) is 0 Å². The summed E-state index contributed by atoms with van der Waals surface area (Å²) in [6.45, 7) is 3.03. The van der Waals surface area contributed by atoms with Crippen molar-refractivity contribution in [3.05, 3.63) is 0 Å². The van der Waals surface area contributed by atoms with Crippen LogP contribution in [0.4, 0.5) is 4.39 Å². The highest BCUT2D eigenvalue weighted by Gasteiger charge is 2.10. The first-order valence-corrected chi connectivity index (χ1v) is 3.51. The predicted octanol–water partition coefficient (Wildman–Crippen LogP) is 1.22. The number of carboxylic acid groups (broad SMARTS) is 1. The van der Waals surface area contributed by atoms with Gasteiger partial charge in [-0.3, -0.25) is 4.79 Å². The Balaban J connectivity index is 3.31. The van der Waals surface area contributed by atoms with Gasteiger partial charge < -0.3 is 9.84 Å². The van der Waals surface area contributed by atoms with E-state index in [-0.39, 0.29) is 13.0 Å². The third-order valence-electron chi connectivity index (χ3n) is 1.34. The largest absolute Gasteiger partial charge is 0.481 e. The number of carbonyl (C=O) groups is 1.